The maximum Gasteiger partial charge on any atom is 0.280 e. The number of aromatic nitrogens is 2. The van der Waals surface area contributed by atoms with Crippen molar-refractivity contribution in [3.05, 3.63) is 64.1 Å². The molecule has 0 saturated heterocycles. The average molecular weight is 409 g/mol. The van der Waals surface area contributed by atoms with Crippen LogP contribution in [0.4, 0.5) is 5.69 Å². The fourth-order valence-electron chi connectivity index (χ4n) is 3.31. The van der Waals surface area contributed by atoms with E-state index in [1.807, 2.05) is 43.3 Å². The maximum absolute atomic E-state index is 13.3. The molecule has 0 atom stereocenters. The highest BCUT2D eigenvalue weighted by atomic mass is 16.5. The molecule has 0 radical (unpaired) electrons. The summed E-state index contributed by atoms with van der Waals surface area (Å²) in [5.74, 6) is 1.99. The van der Waals surface area contributed by atoms with Crippen LogP contribution in [-0.4, -0.2) is 36.8 Å². The Bertz CT molecular complexity index is 1090. The van der Waals surface area contributed by atoms with E-state index in [1.165, 1.54) is 0 Å². The van der Waals surface area contributed by atoms with Gasteiger partial charge in [-0.15, -0.1) is 0 Å². The molecule has 2 aromatic carbocycles. The number of aliphatic imine (C=N–C) groups is 1. The third-order valence-corrected chi connectivity index (χ3v) is 4.83. The molecule has 3 aromatic rings. The molecule has 0 fully saturated rings. The molecular formula is C23H27N3O4. The lowest BCUT2D eigenvalue weighted by Gasteiger charge is -2.08. The highest BCUT2D eigenvalue weighted by molar-refractivity contribution is 6.01. The number of rotatable bonds is 8. The second-order valence-electron chi connectivity index (χ2n) is 6.79. The lowest BCUT2D eigenvalue weighted by atomic mass is 10.1. The first kappa shape index (κ1) is 21.2. The van der Waals surface area contributed by atoms with Gasteiger partial charge in [-0.05, 0) is 49.7 Å². The zero-order valence-electron chi connectivity index (χ0n) is 18.0. The molecule has 0 aliphatic heterocycles. The predicted molar refractivity (Wildman–Crippen MR) is 118 cm³/mol. The van der Waals surface area contributed by atoms with Crippen molar-refractivity contribution in [3.8, 4) is 22.9 Å². The Kier molecular flexibility index (Phi) is 6.61. The Morgan fingerprint density at radius 2 is 1.67 bits per heavy atom. The minimum atomic E-state index is -0.141. The van der Waals surface area contributed by atoms with Crippen molar-refractivity contribution in [2.45, 2.75) is 26.7 Å². The number of aromatic amines is 1. The van der Waals surface area contributed by atoms with Crippen molar-refractivity contribution >= 4 is 11.4 Å². The summed E-state index contributed by atoms with van der Waals surface area (Å²) in [6, 6.07) is 12.7. The van der Waals surface area contributed by atoms with Gasteiger partial charge in [0, 0.05) is 11.8 Å². The number of H-pyrrole nitrogens is 1. The number of methoxy groups -OCH3 is 3. The van der Waals surface area contributed by atoms with Gasteiger partial charge >= 0.3 is 0 Å². The standard InChI is InChI=1S/C23H27N3O4/c1-6-7-20-22(15(2)24-19-13-12-18(29-4)14-21(19)30-5)23(27)26(25-20)16-8-10-17(28-3)11-9-16/h8-14,25H,6-7H2,1-5H3. The van der Waals surface area contributed by atoms with Gasteiger partial charge < -0.3 is 14.2 Å². The molecule has 0 saturated carbocycles. The number of nitrogens with one attached hydrogen (secondary N) is 1. The fourth-order valence-corrected chi connectivity index (χ4v) is 3.31. The van der Waals surface area contributed by atoms with E-state index < -0.39 is 0 Å². The smallest absolute Gasteiger partial charge is 0.280 e. The van der Waals surface area contributed by atoms with Crippen molar-refractivity contribution in [2.24, 2.45) is 4.99 Å². The normalized spacial score (nSPS) is 11.4. The quantitative estimate of drug-likeness (QED) is 0.563. The van der Waals surface area contributed by atoms with Crippen molar-refractivity contribution in [2.75, 3.05) is 21.3 Å². The largest absolute Gasteiger partial charge is 0.497 e. The lowest BCUT2D eigenvalue weighted by Crippen LogP contribution is -2.19. The lowest BCUT2D eigenvalue weighted by molar-refractivity contribution is 0.395. The fraction of sp³-hybridized carbons (Fsp3) is 0.304. The van der Waals surface area contributed by atoms with Gasteiger partial charge in [0.05, 0.1) is 38.3 Å². The molecule has 1 aromatic heterocycles. The molecule has 3 rings (SSSR count). The Labute approximate surface area is 175 Å². The topological polar surface area (TPSA) is 77.8 Å². The second kappa shape index (κ2) is 9.35. The molecule has 30 heavy (non-hydrogen) atoms. The Morgan fingerprint density at radius 3 is 2.27 bits per heavy atom. The van der Waals surface area contributed by atoms with Gasteiger partial charge in [-0.25, -0.2) is 9.67 Å². The molecule has 0 spiro atoms. The number of hydrogen-bond acceptors (Lipinski definition) is 5. The van der Waals surface area contributed by atoms with Crippen molar-refractivity contribution < 1.29 is 14.2 Å². The van der Waals surface area contributed by atoms with E-state index in [4.69, 9.17) is 19.2 Å². The molecule has 0 bridgehead atoms. The first-order valence-corrected chi connectivity index (χ1v) is 9.78. The highest BCUT2D eigenvalue weighted by Crippen LogP contribution is 2.32. The Balaban J connectivity index is 2.09. The van der Waals surface area contributed by atoms with Crippen molar-refractivity contribution in [1.82, 2.24) is 9.78 Å². The van der Waals surface area contributed by atoms with Gasteiger partial charge in [-0.3, -0.25) is 9.89 Å². The van der Waals surface area contributed by atoms with Gasteiger partial charge in [-0.1, -0.05) is 13.3 Å². The van der Waals surface area contributed by atoms with Crippen LogP contribution in [0.2, 0.25) is 0 Å². The summed E-state index contributed by atoms with van der Waals surface area (Å²) in [5.41, 5.74) is 3.28. The van der Waals surface area contributed by atoms with E-state index in [1.54, 1.807) is 32.1 Å². The first-order chi connectivity index (χ1) is 14.5. The number of nitrogens with zero attached hydrogens (tertiary/aromatic N) is 2. The predicted octanol–water partition coefficient (Wildman–Crippen LogP) is 4.28. The van der Waals surface area contributed by atoms with Gasteiger partial charge in [0.2, 0.25) is 0 Å². The van der Waals surface area contributed by atoms with Crippen LogP contribution in [-0.2, 0) is 6.42 Å². The van der Waals surface area contributed by atoms with Crippen LogP contribution in [0.25, 0.3) is 5.69 Å². The molecule has 1 N–H and O–H groups in total. The average Bonchev–Trinajstić information content (AvgIpc) is 3.10. The maximum atomic E-state index is 13.3. The number of benzene rings is 2. The third kappa shape index (κ3) is 4.25. The van der Waals surface area contributed by atoms with Crippen molar-refractivity contribution in [3.63, 3.8) is 0 Å². The third-order valence-electron chi connectivity index (χ3n) is 4.83. The van der Waals surface area contributed by atoms with Crippen LogP contribution in [0.5, 0.6) is 17.2 Å². The first-order valence-electron chi connectivity index (χ1n) is 9.78. The minimum absolute atomic E-state index is 0.141. The summed E-state index contributed by atoms with van der Waals surface area (Å²) < 4.78 is 17.4. The highest BCUT2D eigenvalue weighted by Gasteiger charge is 2.18. The summed E-state index contributed by atoms with van der Waals surface area (Å²) >= 11 is 0. The van der Waals surface area contributed by atoms with Gasteiger partial charge in [0.1, 0.15) is 22.9 Å². The van der Waals surface area contributed by atoms with Gasteiger partial charge in [0.15, 0.2) is 0 Å². The van der Waals surface area contributed by atoms with Crippen LogP contribution in [0.1, 0.15) is 31.5 Å². The molecule has 0 amide bonds. The Morgan fingerprint density at radius 1 is 1.00 bits per heavy atom. The number of aryl methyl sites for hydroxylation is 1. The summed E-state index contributed by atoms with van der Waals surface area (Å²) in [6.07, 6.45) is 1.63. The van der Waals surface area contributed by atoms with Crippen molar-refractivity contribution in [1.29, 1.82) is 0 Å². The number of ether oxygens (including phenoxy) is 3. The summed E-state index contributed by atoms with van der Waals surface area (Å²) in [4.78, 5) is 18.0. The molecule has 1 heterocycles. The van der Waals surface area contributed by atoms with E-state index in [-0.39, 0.29) is 5.56 Å². The molecule has 158 valence electrons. The van der Waals surface area contributed by atoms with E-state index in [0.717, 1.165) is 30.0 Å². The molecule has 7 nitrogen and oxygen atoms in total. The van der Waals surface area contributed by atoms with Gasteiger partial charge in [0.25, 0.3) is 5.56 Å². The zero-order chi connectivity index (χ0) is 21.7. The van der Waals surface area contributed by atoms with Crippen LogP contribution in [0, 0.1) is 0 Å². The number of hydrogen-bond donors (Lipinski definition) is 1. The molecule has 7 heteroatoms. The van der Waals surface area contributed by atoms with Crippen LogP contribution in [0.15, 0.2) is 52.3 Å². The van der Waals surface area contributed by atoms with E-state index >= 15 is 0 Å². The molecule has 0 aliphatic rings. The zero-order valence-corrected chi connectivity index (χ0v) is 18.0. The van der Waals surface area contributed by atoms with Crippen LogP contribution < -0.4 is 19.8 Å². The second-order valence-corrected chi connectivity index (χ2v) is 6.79. The van der Waals surface area contributed by atoms with Crippen LogP contribution >= 0.6 is 0 Å². The summed E-state index contributed by atoms with van der Waals surface area (Å²) in [5, 5.41) is 3.25. The van der Waals surface area contributed by atoms with Gasteiger partial charge in [-0.2, -0.15) is 0 Å². The molecular weight excluding hydrogens is 382 g/mol. The summed E-state index contributed by atoms with van der Waals surface area (Å²) in [6.45, 7) is 3.91. The Hall–Kier alpha value is -3.48. The summed E-state index contributed by atoms with van der Waals surface area (Å²) in [7, 11) is 4.79. The van der Waals surface area contributed by atoms with E-state index in [9.17, 15) is 4.79 Å². The molecule has 0 aliphatic carbocycles. The minimum Gasteiger partial charge on any atom is -0.497 e. The SMILES string of the molecule is CCCc1[nH]n(-c2ccc(OC)cc2)c(=O)c1C(C)=Nc1ccc(OC)cc1OC. The monoisotopic (exact) mass is 409 g/mol. The van der Waals surface area contributed by atoms with E-state index in [2.05, 4.69) is 12.0 Å². The molecule has 0 unspecified atom stereocenters. The van der Waals surface area contributed by atoms with E-state index in [0.29, 0.717) is 28.5 Å². The van der Waals surface area contributed by atoms with Crippen LogP contribution in [0.3, 0.4) is 0 Å².